The quantitative estimate of drug-likeness (QED) is 0.229. The van der Waals surface area contributed by atoms with E-state index in [0.29, 0.717) is 17.0 Å². The number of carbonyl (C=O) groups is 2. The summed E-state index contributed by atoms with van der Waals surface area (Å²) in [6.07, 6.45) is 3.17. The zero-order valence-electron chi connectivity index (χ0n) is 14.9. The number of carbonyl (C=O) groups excluding carboxylic acids is 2. The first-order valence-electron chi connectivity index (χ1n) is 7.76. The van der Waals surface area contributed by atoms with Crippen LogP contribution in [0.1, 0.15) is 6.92 Å². The summed E-state index contributed by atoms with van der Waals surface area (Å²) in [5.41, 5.74) is 5.53. The van der Waals surface area contributed by atoms with Crippen LogP contribution in [0.3, 0.4) is 0 Å². The average Bonchev–Trinajstić information content (AvgIpc) is 2.64. The molecular formula is C17H17ClF2N6O2. The van der Waals surface area contributed by atoms with E-state index in [1.165, 1.54) is 37.3 Å². The number of halogens is 3. The smallest absolute Gasteiger partial charge is 0.325 e. The second-order valence-corrected chi connectivity index (χ2v) is 6.11. The third-order valence-corrected chi connectivity index (χ3v) is 3.97. The summed E-state index contributed by atoms with van der Waals surface area (Å²) in [6.45, 7) is 1.40. The van der Waals surface area contributed by atoms with Gasteiger partial charge in [-0.15, -0.1) is 0 Å². The van der Waals surface area contributed by atoms with Crippen LogP contribution in [0.25, 0.3) is 0 Å². The topological polar surface area (TPSA) is 118 Å². The molecule has 0 saturated carbocycles. The maximum absolute atomic E-state index is 13.5. The van der Waals surface area contributed by atoms with Crippen molar-refractivity contribution >= 4 is 41.0 Å². The molecule has 0 unspecified atom stereocenters. The zero-order chi connectivity index (χ0) is 21.0. The molecule has 0 atom stereocenters. The first-order valence-corrected chi connectivity index (χ1v) is 8.14. The van der Waals surface area contributed by atoms with Crippen LogP contribution in [0.4, 0.5) is 30.6 Å². The molecular weight excluding hydrogens is 394 g/mol. The number of aromatic nitrogens is 1. The van der Waals surface area contributed by atoms with Gasteiger partial charge in [-0.3, -0.25) is 19.7 Å². The first kappa shape index (κ1) is 21.1. The van der Waals surface area contributed by atoms with E-state index in [1.54, 1.807) is 0 Å². The van der Waals surface area contributed by atoms with Gasteiger partial charge in [-0.1, -0.05) is 11.6 Å². The number of hydrogen-bond donors (Lipinski definition) is 3. The third kappa shape index (κ3) is 4.53. The lowest BCUT2D eigenvalue weighted by Gasteiger charge is -2.24. The van der Waals surface area contributed by atoms with Gasteiger partial charge >= 0.3 is 6.03 Å². The van der Waals surface area contributed by atoms with Gasteiger partial charge in [-0.05, 0) is 13.0 Å². The Morgan fingerprint density at radius 1 is 1.25 bits per heavy atom. The monoisotopic (exact) mass is 410 g/mol. The van der Waals surface area contributed by atoms with Gasteiger partial charge in [0, 0.05) is 31.1 Å². The fourth-order valence-corrected chi connectivity index (χ4v) is 2.39. The van der Waals surface area contributed by atoms with E-state index >= 15 is 0 Å². The number of allylic oxidation sites excluding steroid dienone is 2. The largest absolute Gasteiger partial charge is 0.397 e. The van der Waals surface area contributed by atoms with Gasteiger partial charge < -0.3 is 11.1 Å². The molecule has 28 heavy (non-hydrogen) atoms. The van der Waals surface area contributed by atoms with Crippen molar-refractivity contribution in [2.75, 3.05) is 22.7 Å². The first-order chi connectivity index (χ1) is 13.1. The molecule has 0 bridgehead atoms. The number of nitrogens with two attached hydrogens (primary N) is 2. The van der Waals surface area contributed by atoms with Crippen molar-refractivity contribution in [1.82, 2.24) is 10.3 Å². The summed E-state index contributed by atoms with van der Waals surface area (Å²) in [7, 11) is 1.46. The number of pyridine rings is 1. The van der Waals surface area contributed by atoms with Gasteiger partial charge in [0.2, 0.25) is 0 Å². The van der Waals surface area contributed by atoms with Gasteiger partial charge in [0.1, 0.15) is 5.70 Å². The summed E-state index contributed by atoms with van der Waals surface area (Å²) in [6, 6.07) is 2.38. The van der Waals surface area contributed by atoms with Crippen molar-refractivity contribution < 1.29 is 18.4 Å². The van der Waals surface area contributed by atoms with E-state index in [-0.39, 0.29) is 22.8 Å². The molecule has 0 saturated heterocycles. The fourth-order valence-electron chi connectivity index (χ4n) is 2.23. The van der Waals surface area contributed by atoms with Gasteiger partial charge in [0.05, 0.1) is 28.3 Å². The van der Waals surface area contributed by atoms with Crippen LogP contribution in [0.15, 0.2) is 42.0 Å². The van der Waals surface area contributed by atoms with Crippen molar-refractivity contribution in [3.8, 4) is 0 Å². The molecule has 0 fully saturated rings. The van der Waals surface area contributed by atoms with Crippen molar-refractivity contribution in [3.63, 3.8) is 0 Å². The van der Waals surface area contributed by atoms with E-state index in [9.17, 15) is 18.4 Å². The lowest BCUT2D eigenvalue weighted by Crippen LogP contribution is -2.40. The van der Waals surface area contributed by atoms with Gasteiger partial charge in [0.25, 0.3) is 0 Å². The lowest BCUT2D eigenvalue weighted by atomic mass is 10.2. The molecule has 0 spiro atoms. The number of rotatable bonds is 5. The van der Waals surface area contributed by atoms with Crippen LogP contribution in [-0.4, -0.2) is 24.3 Å². The Labute approximate surface area is 164 Å². The van der Waals surface area contributed by atoms with Crippen LogP contribution in [0.2, 0.25) is 5.02 Å². The molecule has 2 aromatic rings. The van der Waals surface area contributed by atoms with Crippen LogP contribution in [0, 0.1) is 11.6 Å². The Bertz CT molecular complexity index is 953. The number of aldehydes is 1. The maximum atomic E-state index is 13.5. The average molecular weight is 411 g/mol. The van der Waals surface area contributed by atoms with Crippen molar-refractivity contribution in [2.45, 2.75) is 6.92 Å². The van der Waals surface area contributed by atoms with Gasteiger partial charge in [-0.2, -0.15) is 0 Å². The van der Waals surface area contributed by atoms with Crippen molar-refractivity contribution in [2.24, 2.45) is 5.84 Å². The summed E-state index contributed by atoms with van der Waals surface area (Å²) in [5, 5.41) is 3.56. The molecule has 0 aliphatic heterocycles. The summed E-state index contributed by atoms with van der Waals surface area (Å²) in [5.74, 6) is 3.48. The zero-order valence-corrected chi connectivity index (χ0v) is 15.7. The Morgan fingerprint density at radius 2 is 1.89 bits per heavy atom. The molecule has 0 aliphatic rings. The second kappa shape index (κ2) is 8.63. The Balaban J connectivity index is 2.29. The fraction of sp³-hybridized carbons (Fsp3) is 0.118. The third-order valence-electron chi connectivity index (χ3n) is 3.76. The predicted octanol–water partition coefficient (Wildman–Crippen LogP) is 2.55. The molecule has 11 heteroatoms. The van der Waals surface area contributed by atoms with Crippen molar-refractivity contribution in [3.05, 3.63) is 58.6 Å². The van der Waals surface area contributed by atoms with E-state index < -0.39 is 17.7 Å². The SMILES string of the molecule is C/C(NC(=O)N(C)c1cncc(Cl)c1)=C(/C=O)N(N)c1cc(F)c(F)cc1N. The number of urea groups is 1. The molecule has 1 aromatic carbocycles. The molecule has 0 radical (unpaired) electrons. The number of hydrogen-bond acceptors (Lipinski definition) is 6. The van der Waals surface area contributed by atoms with Gasteiger partial charge in [-0.25, -0.2) is 19.4 Å². The van der Waals surface area contributed by atoms with Crippen molar-refractivity contribution in [1.29, 1.82) is 0 Å². The van der Waals surface area contributed by atoms with Crippen LogP contribution in [0.5, 0.6) is 0 Å². The molecule has 1 heterocycles. The number of anilines is 3. The van der Waals surface area contributed by atoms with E-state index in [0.717, 1.165) is 17.1 Å². The van der Waals surface area contributed by atoms with E-state index in [2.05, 4.69) is 10.3 Å². The van der Waals surface area contributed by atoms with Crippen LogP contribution in [-0.2, 0) is 4.79 Å². The number of hydrazine groups is 1. The number of nitrogens with one attached hydrogen (secondary N) is 1. The normalized spacial score (nSPS) is 11.5. The number of benzene rings is 1. The minimum absolute atomic E-state index is 0.0495. The number of nitrogen functional groups attached to an aromatic ring is 1. The highest BCUT2D eigenvalue weighted by Crippen LogP contribution is 2.27. The highest BCUT2D eigenvalue weighted by molar-refractivity contribution is 6.30. The lowest BCUT2D eigenvalue weighted by molar-refractivity contribution is -0.105. The molecule has 2 amide bonds. The van der Waals surface area contributed by atoms with Crippen LogP contribution < -0.4 is 26.8 Å². The van der Waals surface area contributed by atoms with E-state index in [4.69, 9.17) is 23.2 Å². The summed E-state index contributed by atoms with van der Waals surface area (Å²) < 4.78 is 26.8. The maximum Gasteiger partial charge on any atom is 0.325 e. The second-order valence-electron chi connectivity index (χ2n) is 5.67. The number of amides is 2. The standard InChI is InChI=1S/C17H17ClF2N6O2/c1-9(24-17(28)25(2)11-3-10(18)6-23-7-11)16(8-27)26(22)15-5-13(20)12(19)4-14(15)21/h3-8H,21-22H2,1-2H3,(H,24,28)/b16-9+. The molecule has 8 nitrogen and oxygen atoms in total. The number of nitrogens with zero attached hydrogens (tertiary/aromatic N) is 3. The highest BCUT2D eigenvalue weighted by Gasteiger charge is 2.19. The molecule has 0 aliphatic carbocycles. The molecule has 2 rings (SSSR count). The molecule has 148 valence electrons. The highest BCUT2D eigenvalue weighted by atomic mass is 35.5. The minimum atomic E-state index is -1.19. The molecule has 1 aromatic heterocycles. The van der Waals surface area contributed by atoms with Crippen LogP contribution >= 0.6 is 11.6 Å². The Morgan fingerprint density at radius 3 is 2.50 bits per heavy atom. The van der Waals surface area contributed by atoms with E-state index in [1.807, 2.05) is 0 Å². The summed E-state index contributed by atoms with van der Waals surface area (Å²) >= 11 is 5.85. The Kier molecular flexibility index (Phi) is 6.49. The molecule has 5 N–H and O–H groups in total. The minimum Gasteiger partial charge on any atom is -0.397 e. The van der Waals surface area contributed by atoms with Gasteiger partial charge in [0.15, 0.2) is 17.9 Å². The summed E-state index contributed by atoms with van der Waals surface area (Å²) in [4.78, 5) is 29.0. The predicted molar refractivity (Wildman–Crippen MR) is 102 cm³/mol. The Hall–Kier alpha value is -3.24.